The molecule has 1 heterocycles. The van der Waals surface area contributed by atoms with E-state index < -0.39 is 23.8 Å². The Hall–Kier alpha value is -2.95. The molecule has 1 fully saturated rings. The van der Waals surface area contributed by atoms with E-state index in [4.69, 9.17) is 0 Å². The molecule has 0 saturated carbocycles. The minimum atomic E-state index is -0.889. The van der Waals surface area contributed by atoms with Crippen molar-refractivity contribution in [3.63, 3.8) is 0 Å². The van der Waals surface area contributed by atoms with Crippen molar-refractivity contribution in [3.8, 4) is 0 Å². The van der Waals surface area contributed by atoms with Crippen LogP contribution in [0.1, 0.15) is 5.56 Å². The monoisotopic (exact) mass is 308 g/mol. The number of carbonyl (C=O) groups is 3. The number of carbonyl (C=O) groups excluding carboxylic acids is 3. The second-order valence-corrected chi connectivity index (χ2v) is 5.43. The number of benzene rings is 2. The van der Waals surface area contributed by atoms with Crippen LogP contribution in [0.15, 0.2) is 60.7 Å². The number of urea groups is 1. The smallest absolute Gasteiger partial charge is 0.273 e. The van der Waals surface area contributed by atoms with E-state index in [0.717, 1.165) is 15.4 Å². The number of barbiturate groups is 1. The summed E-state index contributed by atoms with van der Waals surface area (Å²) in [5.41, 5.74) is 1.36. The largest absolute Gasteiger partial charge is 0.337 e. The lowest BCUT2D eigenvalue weighted by molar-refractivity contribution is -0.140. The van der Waals surface area contributed by atoms with Crippen molar-refractivity contribution in [1.82, 2.24) is 4.90 Å². The fraction of sp³-hybridized carbons (Fsp3) is 0.167. The minimum Gasteiger partial charge on any atom is -0.273 e. The summed E-state index contributed by atoms with van der Waals surface area (Å²) in [7, 11) is 1.41. The lowest BCUT2D eigenvalue weighted by Crippen LogP contribution is -2.59. The summed E-state index contributed by atoms with van der Waals surface area (Å²) in [5.74, 6) is -1.83. The third kappa shape index (κ3) is 2.73. The Bertz CT molecular complexity index is 743. The van der Waals surface area contributed by atoms with Crippen LogP contribution in [-0.4, -0.2) is 29.8 Å². The minimum absolute atomic E-state index is 0.277. The van der Waals surface area contributed by atoms with Gasteiger partial charge < -0.3 is 0 Å². The van der Waals surface area contributed by atoms with Crippen LogP contribution < -0.4 is 4.90 Å². The van der Waals surface area contributed by atoms with Crippen molar-refractivity contribution in [2.75, 3.05) is 11.9 Å². The molecule has 1 atom stereocenters. The van der Waals surface area contributed by atoms with Crippen molar-refractivity contribution in [2.24, 2.45) is 5.92 Å². The predicted molar refractivity (Wildman–Crippen MR) is 85.7 cm³/mol. The lowest BCUT2D eigenvalue weighted by atomic mass is 9.94. The summed E-state index contributed by atoms with van der Waals surface area (Å²) in [4.78, 5) is 39.6. The highest BCUT2D eigenvalue weighted by molar-refractivity contribution is 6.27. The zero-order valence-corrected chi connectivity index (χ0v) is 12.7. The number of anilines is 1. The molecule has 1 saturated heterocycles. The van der Waals surface area contributed by atoms with Gasteiger partial charge in [-0.2, -0.15) is 0 Å². The Morgan fingerprint density at radius 2 is 1.39 bits per heavy atom. The van der Waals surface area contributed by atoms with E-state index in [-0.39, 0.29) is 6.42 Å². The average molecular weight is 308 g/mol. The number of para-hydroxylation sites is 1. The van der Waals surface area contributed by atoms with Gasteiger partial charge in [0, 0.05) is 7.05 Å². The van der Waals surface area contributed by atoms with Crippen molar-refractivity contribution in [1.29, 1.82) is 0 Å². The highest BCUT2D eigenvalue weighted by atomic mass is 16.2. The van der Waals surface area contributed by atoms with Crippen molar-refractivity contribution < 1.29 is 14.4 Å². The number of amides is 4. The quantitative estimate of drug-likeness (QED) is 0.819. The molecule has 5 nitrogen and oxygen atoms in total. The fourth-order valence-electron chi connectivity index (χ4n) is 2.67. The van der Waals surface area contributed by atoms with Crippen LogP contribution in [0, 0.1) is 5.92 Å². The summed E-state index contributed by atoms with van der Waals surface area (Å²) in [6.07, 6.45) is 0.277. The molecule has 116 valence electrons. The highest BCUT2D eigenvalue weighted by Gasteiger charge is 2.44. The molecule has 5 heteroatoms. The topological polar surface area (TPSA) is 57.7 Å². The molecule has 2 aromatic carbocycles. The second kappa shape index (κ2) is 6.04. The van der Waals surface area contributed by atoms with Gasteiger partial charge in [0.05, 0.1) is 5.69 Å². The summed E-state index contributed by atoms with van der Waals surface area (Å²) in [6, 6.07) is 17.4. The summed E-state index contributed by atoms with van der Waals surface area (Å²) in [5, 5.41) is 0. The van der Waals surface area contributed by atoms with Gasteiger partial charge in [0.25, 0.3) is 0 Å². The number of nitrogens with zero attached hydrogens (tertiary/aromatic N) is 2. The van der Waals surface area contributed by atoms with Gasteiger partial charge in [0.1, 0.15) is 5.92 Å². The molecule has 0 radical (unpaired) electrons. The van der Waals surface area contributed by atoms with Crippen molar-refractivity contribution in [3.05, 3.63) is 66.2 Å². The zero-order chi connectivity index (χ0) is 16.4. The number of rotatable bonds is 3. The highest BCUT2D eigenvalue weighted by Crippen LogP contribution is 2.25. The molecule has 23 heavy (non-hydrogen) atoms. The van der Waals surface area contributed by atoms with Crippen LogP contribution in [0.3, 0.4) is 0 Å². The van der Waals surface area contributed by atoms with E-state index in [1.165, 1.54) is 7.05 Å². The van der Waals surface area contributed by atoms with Crippen LogP contribution in [0.5, 0.6) is 0 Å². The van der Waals surface area contributed by atoms with Gasteiger partial charge in [0.2, 0.25) is 11.8 Å². The van der Waals surface area contributed by atoms with Gasteiger partial charge >= 0.3 is 6.03 Å². The SMILES string of the molecule is CN1C(=O)[C@H](Cc2ccccc2)C(=O)N(c2ccccc2)C1=O. The molecule has 3 rings (SSSR count). The van der Waals surface area contributed by atoms with Gasteiger partial charge in [-0.05, 0) is 24.1 Å². The maximum Gasteiger partial charge on any atom is 0.337 e. The Labute approximate surface area is 134 Å². The molecule has 0 N–H and O–H groups in total. The van der Waals surface area contributed by atoms with E-state index >= 15 is 0 Å². The predicted octanol–water partition coefficient (Wildman–Crippen LogP) is 2.47. The second-order valence-electron chi connectivity index (χ2n) is 5.43. The maximum absolute atomic E-state index is 12.8. The fourth-order valence-corrected chi connectivity index (χ4v) is 2.67. The van der Waals surface area contributed by atoms with Gasteiger partial charge in [-0.25, -0.2) is 9.69 Å². The van der Waals surface area contributed by atoms with E-state index in [1.807, 2.05) is 30.3 Å². The number of hydrogen-bond acceptors (Lipinski definition) is 3. The molecule has 2 aromatic rings. The summed E-state index contributed by atoms with van der Waals surface area (Å²) < 4.78 is 0. The molecular formula is C18H16N2O3. The van der Waals surface area contributed by atoms with Gasteiger partial charge in [0.15, 0.2) is 0 Å². The summed E-state index contributed by atoms with van der Waals surface area (Å²) in [6.45, 7) is 0. The Morgan fingerprint density at radius 3 is 2.00 bits per heavy atom. The summed E-state index contributed by atoms with van der Waals surface area (Å²) >= 11 is 0. The van der Waals surface area contributed by atoms with Gasteiger partial charge in [-0.3, -0.25) is 14.5 Å². The van der Waals surface area contributed by atoms with Crippen LogP contribution in [0.4, 0.5) is 10.5 Å². The first-order chi connectivity index (χ1) is 11.1. The van der Waals surface area contributed by atoms with E-state index in [1.54, 1.807) is 30.3 Å². The molecule has 0 bridgehead atoms. The normalized spacial score (nSPS) is 18.5. The van der Waals surface area contributed by atoms with Crippen LogP contribution in [0.25, 0.3) is 0 Å². The molecule has 1 aliphatic heterocycles. The molecule has 0 aliphatic carbocycles. The zero-order valence-electron chi connectivity index (χ0n) is 12.7. The lowest BCUT2D eigenvalue weighted by Gasteiger charge is -2.35. The molecule has 4 amide bonds. The Morgan fingerprint density at radius 1 is 0.826 bits per heavy atom. The van der Waals surface area contributed by atoms with Gasteiger partial charge in [-0.15, -0.1) is 0 Å². The Balaban J connectivity index is 1.95. The van der Waals surface area contributed by atoms with Crippen molar-refractivity contribution >= 4 is 23.5 Å². The third-order valence-corrected chi connectivity index (χ3v) is 3.92. The first-order valence-corrected chi connectivity index (χ1v) is 7.34. The van der Waals surface area contributed by atoms with E-state index in [2.05, 4.69) is 0 Å². The molecule has 0 aromatic heterocycles. The molecular weight excluding hydrogens is 292 g/mol. The van der Waals surface area contributed by atoms with Crippen LogP contribution in [0.2, 0.25) is 0 Å². The third-order valence-electron chi connectivity index (χ3n) is 3.92. The standard InChI is InChI=1S/C18H16N2O3/c1-19-16(21)15(12-13-8-4-2-5-9-13)17(22)20(18(19)23)14-10-6-3-7-11-14/h2-11,15H,12H2,1H3/t15-/m0/s1. The Kier molecular flexibility index (Phi) is 3.93. The average Bonchev–Trinajstić information content (AvgIpc) is 2.59. The van der Waals surface area contributed by atoms with E-state index in [0.29, 0.717) is 5.69 Å². The molecule has 1 aliphatic rings. The number of imide groups is 2. The van der Waals surface area contributed by atoms with Gasteiger partial charge in [-0.1, -0.05) is 48.5 Å². The van der Waals surface area contributed by atoms with Crippen LogP contribution >= 0.6 is 0 Å². The van der Waals surface area contributed by atoms with Crippen molar-refractivity contribution in [2.45, 2.75) is 6.42 Å². The van der Waals surface area contributed by atoms with Crippen LogP contribution in [-0.2, 0) is 16.0 Å². The van der Waals surface area contributed by atoms with E-state index in [9.17, 15) is 14.4 Å². The molecule has 0 spiro atoms. The number of hydrogen-bond donors (Lipinski definition) is 0. The molecule has 0 unspecified atom stereocenters. The first-order valence-electron chi connectivity index (χ1n) is 7.34. The maximum atomic E-state index is 12.8. The first kappa shape index (κ1) is 15.0.